The van der Waals surface area contributed by atoms with Crippen molar-refractivity contribution in [2.45, 2.75) is 43.2 Å². The third-order valence-corrected chi connectivity index (χ3v) is 8.36. The molecule has 0 unspecified atom stereocenters. The van der Waals surface area contributed by atoms with Gasteiger partial charge in [0.25, 0.3) is 5.91 Å². The van der Waals surface area contributed by atoms with Crippen LogP contribution in [0.3, 0.4) is 0 Å². The van der Waals surface area contributed by atoms with Gasteiger partial charge in [0.05, 0.1) is 10.5 Å². The summed E-state index contributed by atoms with van der Waals surface area (Å²) in [6.07, 6.45) is 4.23. The first-order chi connectivity index (χ1) is 15.8. The molecule has 0 radical (unpaired) electrons. The second-order valence-corrected chi connectivity index (χ2v) is 11.3. The maximum Gasteiger partial charge on any atom is 0.253 e. The molecule has 4 rings (SSSR count). The Morgan fingerprint density at radius 1 is 1.03 bits per heavy atom. The van der Waals surface area contributed by atoms with Crippen molar-refractivity contribution in [3.05, 3.63) is 59.7 Å². The molecule has 2 saturated heterocycles. The van der Waals surface area contributed by atoms with E-state index in [1.165, 1.54) is 30.4 Å². The number of hydrogen-bond acceptors (Lipinski definition) is 5. The predicted octanol–water partition coefficient (Wildman–Crippen LogP) is 2.93. The van der Waals surface area contributed by atoms with Crippen LogP contribution in [0.25, 0.3) is 0 Å². The van der Waals surface area contributed by atoms with Crippen molar-refractivity contribution >= 4 is 21.6 Å². The normalized spacial score (nSPS) is 19.7. The van der Waals surface area contributed by atoms with Crippen LogP contribution in [-0.4, -0.2) is 69.8 Å². The molecule has 8 heteroatoms. The lowest BCUT2D eigenvalue weighted by Gasteiger charge is -2.31. The van der Waals surface area contributed by atoms with E-state index >= 15 is 0 Å². The number of hydrogen-bond donors (Lipinski definition) is 1. The van der Waals surface area contributed by atoms with Crippen LogP contribution in [0.5, 0.6) is 0 Å². The molecule has 2 fully saturated rings. The van der Waals surface area contributed by atoms with Crippen molar-refractivity contribution < 1.29 is 13.2 Å². The highest BCUT2D eigenvalue weighted by Gasteiger charge is 2.28. The van der Waals surface area contributed by atoms with E-state index in [2.05, 4.69) is 27.2 Å². The molecule has 2 aliphatic rings. The summed E-state index contributed by atoms with van der Waals surface area (Å²) in [5.74, 6) is -0.196. The number of carbonyl (C=O) groups excluding carboxylic acids is 1. The van der Waals surface area contributed by atoms with Crippen LogP contribution in [0.1, 0.15) is 41.6 Å². The minimum absolute atomic E-state index is 0.0459. The zero-order valence-electron chi connectivity index (χ0n) is 19.5. The Labute approximate surface area is 197 Å². The fraction of sp³-hybridized carbons (Fsp3) is 0.480. The first-order valence-electron chi connectivity index (χ1n) is 11.7. The summed E-state index contributed by atoms with van der Waals surface area (Å²) in [5.41, 5.74) is 2.53. The van der Waals surface area contributed by atoms with Crippen molar-refractivity contribution in [1.82, 2.24) is 14.5 Å². The first-order valence-corrected chi connectivity index (χ1v) is 13.2. The average Bonchev–Trinajstić information content (AvgIpc) is 3.26. The molecule has 178 valence electrons. The molecule has 1 N–H and O–H groups in total. The van der Waals surface area contributed by atoms with Crippen LogP contribution in [-0.2, 0) is 16.6 Å². The molecule has 0 bridgehead atoms. The van der Waals surface area contributed by atoms with E-state index in [4.69, 9.17) is 0 Å². The van der Waals surface area contributed by atoms with E-state index in [1.54, 1.807) is 18.2 Å². The van der Waals surface area contributed by atoms with Gasteiger partial charge in [-0.3, -0.25) is 9.69 Å². The Hall–Kier alpha value is -2.42. The van der Waals surface area contributed by atoms with Crippen LogP contribution in [0.4, 0.5) is 5.69 Å². The fourth-order valence-electron chi connectivity index (χ4n) is 4.68. The number of sulfonamides is 1. The lowest BCUT2D eigenvalue weighted by molar-refractivity contribution is 0.0938. The van der Waals surface area contributed by atoms with Crippen molar-refractivity contribution in [2.75, 3.05) is 45.2 Å². The number of anilines is 1. The maximum atomic E-state index is 13.4. The van der Waals surface area contributed by atoms with E-state index in [0.29, 0.717) is 5.56 Å². The van der Waals surface area contributed by atoms with E-state index < -0.39 is 10.0 Å². The molecule has 0 aromatic heterocycles. The van der Waals surface area contributed by atoms with Crippen LogP contribution >= 0.6 is 0 Å². The van der Waals surface area contributed by atoms with Gasteiger partial charge in [0.15, 0.2) is 0 Å². The predicted molar refractivity (Wildman–Crippen MR) is 131 cm³/mol. The number of benzene rings is 2. The third-order valence-electron chi connectivity index (χ3n) is 6.54. The highest BCUT2D eigenvalue weighted by Crippen LogP contribution is 2.28. The number of nitrogens with one attached hydrogen (secondary N) is 1. The van der Waals surface area contributed by atoms with E-state index in [0.717, 1.165) is 57.7 Å². The second-order valence-electron chi connectivity index (χ2n) is 9.19. The number of piperidine rings is 1. The van der Waals surface area contributed by atoms with Gasteiger partial charge in [-0.05, 0) is 49.4 Å². The fourth-order valence-corrected chi connectivity index (χ4v) is 5.61. The van der Waals surface area contributed by atoms with E-state index in [9.17, 15) is 13.2 Å². The lowest BCUT2D eigenvalue weighted by atomic mass is 10.1. The zero-order valence-corrected chi connectivity index (χ0v) is 20.4. The van der Waals surface area contributed by atoms with Gasteiger partial charge in [-0.1, -0.05) is 30.3 Å². The minimum atomic E-state index is -3.62. The smallest absolute Gasteiger partial charge is 0.253 e. The molecule has 33 heavy (non-hydrogen) atoms. The average molecular weight is 471 g/mol. The van der Waals surface area contributed by atoms with Gasteiger partial charge in [-0.2, -0.15) is 0 Å². The van der Waals surface area contributed by atoms with Gasteiger partial charge < -0.3 is 10.2 Å². The maximum absolute atomic E-state index is 13.4. The number of rotatable bonds is 7. The number of amides is 1. The summed E-state index contributed by atoms with van der Waals surface area (Å²) in [5, 5.41) is 3.18. The molecule has 0 spiro atoms. The Balaban J connectivity index is 1.52. The minimum Gasteiger partial charge on any atom is -0.371 e. The Morgan fingerprint density at radius 3 is 2.45 bits per heavy atom. The SMILES string of the molecule is CN(C)S(=O)(=O)c1ccc(N2CCCCC2)c(C(=O)N[C@@H]2CCN(Cc3ccccc3)C2)c1. The van der Waals surface area contributed by atoms with E-state index in [1.807, 2.05) is 18.2 Å². The molecule has 2 aromatic rings. The molecule has 1 atom stereocenters. The van der Waals surface area contributed by atoms with Gasteiger partial charge in [0.1, 0.15) is 0 Å². The molecule has 2 aliphatic heterocycles. The number of likely N-dealkylation sites (tertiary alicyclic amines) is 1. The van der Waals surface area contributed by atoms with Gasteiger partial charge >= 0.3 is 0 Å². The second kappa shape index (κ2) is 10.2. The van der Waals surface area contributed by atoms with Gasteiger partial charge in [0.2, 0.25) is 10.0 Å². The van der Waals surface area contributed by atoms with E-state index in [-0.39, 0.29) is 16.8 Å². The number of nitrogens with zero attached hydrogens (tertiary/aromatic N) is 3. The molecule has 0 aliphatic carbocycles. The van der Waals surface area contributed by atoms with Crippen LogP contribution in [0, 0.1) is 0 Å². The summed E-state index contributed by atoms with van der Waals surface area (Å²) in [6, 6.07) is 15.3. The van der Waals surface area contributed by atoms with Crippen molar-refractivity contribution in [3.8, 4) is 0 Å². The highest BCUT2D eigenvalue weighted by atomic mass is 32.2. The van der Waals surface area contributed by atoms with Crippen molar-refractivity contribution in [1.29, 1.82) is 0 Å². The zero-order chi connectivity index (χ0) is 23.4. The topological polar surface area (TPSA) is 73.0 Å². The largest absolute Gasteiger partial charge is 0.371 e. The molecular formula is C25H34N4O3S. The van der Waals surface area contributed by atoms with Gasteiger partial charge in [-0.15, -0.1) is 0 Å². The van der Waals surface area contributed by atoms with Crippen molar-refractivity contribution in [2.24, 2.45) is 0 Å². The molecule has 2 heterocycles. The molecule has 7 nitrogen and oxygen atoms in total. The quantitative estimate of drug-likeness (QED) is 0.674. The standard InChI is InChI=1S/C25H34N4O3S/c1-27(2)33(31,32)22-11-12-24(29-14-7-4-8-15-29)23(17-22)25(30)26-21-13-16-28(19-21)18-20-9-5-3-6-10-20/h3,5-6,9-12,17,21H,4,7-8,13-16,18-19H2,1-2H3,(H,26,30)/t21-/m1/s1. The Bertz CT molecular complexity index is 1070. The van der Waals surface area contributed by atoms with Gasteiger partial charge in [0, 0.05) is 58.5 Å². The Morgan fingerprint density at radius 2 is 1.76 bits per heavy atom. The molecule has 1 amide bonds. The van der Waals surface area contributed by atoms with Crippen LogP contribution < -0.4 is 10.2 Å². The Kier molecular flexibility index (Phi) is 7.36. The first kappa shape index (κ1) is 23.7. The van der Waals surface area contributed by atoms with Crippen molar-refractivity contribution in [3.63, 3.8) is 0 Å². The summed E-state index contributed by atoms with van der Waals surface area (Å²) in [7, 11) is -0.610. The summed E-state index contributed by atoms with van der Waals surface area (Å²) >= 11 is 0. The summed E-state index contributed by atoms with van der Waals surface area (Å²) < 4.78 is 26.6. The summed E-state index contributed by atoms with van der Waals surface area (Å²) in [6.45, 7) is 4.34. The number of carbonyl (C=O) groups is 1. The molecule has 2 aromatic carbocycles. The highest BCUT2D eigenvalue weighted by molar-refractivity contribution is 7.89. The summed E-state index contributed by atoms with van der Waals surface area (Å²) in [4.78, 5) is 18.1. The third kappa shape index (κ3) is 5.57. The molecule has 0 saturated carbocycles. The van der Waals surface area contributed by atoms with Crippen LogP contribution in [0.2, 0.25) is 0 Å². The molecular weight excluding hydrogens is 436 g/mol. The lowest BCUT2D eigenvalue weighted by Crippen LogP contribution is -2.38. The monoisotopic (exact) mass is 470 g/mol. The van der Waals surface area contributed by atoms with Gasteiger partial charge in [-0.25, -0.2) is 12.7 Å². The van der Waals surface area contributed by atoms with Crippen LogP contribution in [0.15, 0.2) is 53.4 Å².